The minimum atomic E-state index is -0.527. The Bertz CT molecular complexity index is 276. The fourth-order valence-electron chi connectivity index (χ4n) is 1.25. The maximum atomic E-state index is 5.77. The van der Waals surface area contributed by atoms with Crippen LogP contribution >= 0.6 is 0 Å². The first-order chi connectivity index (χ1) is 6.15. The molecule has 0 amide bonds. The number of hydrogen-bond acceptors (Lipinski definition) is 4. The molecule has 0 saturated heterocycles. The van der Waals surface area contributed by atoms with E-state index < -0.39 is 11.6 Å². The monoisotopic (exact) mass is 178 g/mol. The van der Waals surface area contributed by atoms with Gasteiger partial charge in [-0.15, -0.1) is 6.42 Å². The first-order valence-corrected chi connectivity index (χ1v) is 4.14. The van der Waals surface area contributed by atoms with E-state index in [-0.39, 0.29) is 6.17 Å². The van der Waals surface area contributed by atoms with Gasteiger partial charge in [0.2, 0.25) is 0 Å². The molecule has 0 aromatic heterocycles. The predicted molar refractivity (Wildman–Crippen MR) is 54.8 cm³/mol. The van der Waals surface area contributed by atoms with Gasteiger partial charge in [0.25, 0.3) is 0 Å². The molecule has 0 aromatic carbocycles. The number of nitrogens with one attached hydrogen (secondary N) is 1. The number of nitrogens with two attached hydrogens (primary N) is 1. The zero-order valence-corrected chi connectivity index (χ0v) is 7.86. The summed E-state index contributed by atoms with van der Waals surface area (Å²) in [5, 5.41) is 3.00. The van der Waals surface area contributed by atoms with Crippen molar-refractivity contribution < 1.29 is 0 Å². The lowest BCUT2D eigenvalue weighted by molar-refractivity contribution is 0.365. The molecule has 13 heavy (non-hydrogen) atoms. The van der Waals surface area contributed by atoms with Gasteiger partial charge in [-0.2, -0.15) is 0 Å². The van der Waals surface area contributed by atoms with Crippen molar-refractivity contribution in [1.82, 2.24) is 5.32 Å². The van der Waals surface area contributed by atoms with Crippen LogP contribution < -0.4 is 11.1 Å². The van der Waals surface area contributed by atoms with E-state index in [1.807, 2.05) is 13.8 Å². The van der Waals surface area contributed by atoms with Crippen LogP contribution in [0.5, 0.6) is 0 Å². The molecule has 1 rings (SSSR count). The minimum absolute atomic E-state index is 0.149. The van der Waals surface area contributed by atoms with E-state index in [9.17, 15) is 0 Å². The molecule has 4 nitrogen and oxygen atoms in total. The fraction of sp³-hybridized carbons (Fsp3) is 0.556. The quantitative estimate of drug-likeness (QED) is 0.452. The zero-order valence-electron chi connectivity index (χ0n) is 7.86. The molecule has 3 atom stereocenters. The molecule has 70 valence electrons. The molecule has 0 bridgehead atoms. The third-order valence-corrected chi connectivity index (χ3v) is 2.24. The van der Waals surface area contributed by atoms with E-state index in [0.717, 1.165) is 0 Å². The number of nitrogens with zero attached hydrogens (tertiary/aromatic N) is 2. The van der Waals surface area contributed by atoms with Crippen molar-refractivity contribution in [2.24, 2.45) is 15.7 Å². The molecule has 4 heteroatoms. The van der Waals surface area contributed by atoms with Gasteiger partial charge < -0.3 is 11.1 Å². The number of terminal acetylenes is 1. The van der Waals surface area contributed by atoms with Crippen molar-refractivity contribution in [2.75, 3.05) is 0 Å². The highest BCUT2D eigenvalue weighted by Crippen LogP contribution is 2.22. The Morgan fingerprint density at radius 1 is 1.92 bits per heavy atom. The van der Waals surface area contributed by atoms with Crippen LogP contribution in [0, 0.1) is 12.3 Å². The summed E-state index contributed by atoms with van der Waals surface area (Å²) in [4.78, 5) is 8.43. The molecular weight excluding hydrogens is 164 g/mol. The standard InChI is InChI=1S/C9H14N4/c1-4-7(10)9(3)8(11-5-2)12-6-13-9/h1,5-8H,10H2,2-3H3,(H,12,13)/b11-5-. The average molecular weight is 178 g/mol. The predicted octanol–water partition coefficient (Wildman–Crippen LogP) is -0.246. The van der Waals surface area contributed by atoms with Crippen molar-refractivity contribution in [3.63, 3.8) is 0 Å². The minimum Gasteiger partial charge on any atom is -0.353 e. The molecule has 3 unspecified atom stereocenters. The molecule has 0 aromatic rings. The molecule has 0 saturated carbocycles. The van der Waals surface area contributed by atoms with Gasteiger partial charge in [0, 0.05) is 0 Å². The lowest BCUT2D eigenvalue weighted by atomic mass is 9.91. The Labute approximate surface area is 78.3 Å². The van der Waals surface area contributed by atoms with Gasteiger partial charge in [0.05, 0.1) is 12.4 Å². The first kappa shape index (κ1) is 9.75. The maximum Gasteiger partial charge on any atom is 0.146 e. The van der Waals surface area contributed by atoms with Gasteiger partial charge in [-0.1, -0.05) is 5.92 Å². The molecule has 0 spiro atoms. The second-order valence-electron chi connectivity index (χ2n) is 3.10. The Morgan fingerprint density at radius 2 is 2.62 bits per heavy atom. The van der Waals surface area contributed by atoms with Crippen molar-refractivity contribution in [1.29, 1.82) is 0 Å². The van der Waals surface area contributed by atoms with E-state index in [1.165, 1.54) is 0 Å². The van der Waals surface area contributed by atoms with Crippen LogP contribution in [0.25, 0.3) is 0 Å². The molecule has 1 aliphatic rings. The fourth-order valence-corrected chi connectivity index (χ4v) is 1.25. The third kappa shape index (κ3) is 1.56. The lowest BCUT2D eigenvalue weighted by Gasteiger charge is -2.28. The average Bonchev–Trinajstić information content (AvgIpc) is 2.49. The van der Waals surface area contributed by atoms with Gasteiger partial charge in [-0.3, -0.25) is 9.98 Å². The van der Waals surface area contributed by atoms with Crippen LogP contribution in [0.3, 0.4) is 0 Å². The van der Waals surface area contributed by atoms with E-state index >= 15 is 0 Å². The molecule has 3 N–H and O–H groups in total. The largest absolute Gasteiger partial charge is 0.353 e. The maximum absolute atomic E-state index is 5.77. The van der Waals surface area contributed by atoms with Gasteiger partial charge in [0.1, 0.15) is 11.7 Å². The first-order valence-electron chi connectivity index (χ1n) is 4.14. The van der Waals surface area contributed by atoms with Crippen LogP contribution in [0.15, 0.2) is 9.98 Å². The summed E-state index contributed by atoms with van der Waals surface area (Å²) < 4.78 is 0. The molecule has 1 heterocycles. The summed E-state index contributed by atoms with van der Waals surface area (Å²) in [6, 6.07) is -0.424. The van der Waals surface area contributed by atoms with Crippen molar-refractivity contribution >= 4 is 12.6 Å². The van der Waals surface area contributed by atoms with Crippen LogP contribution in [0.2, 0.25) is 0 Å². The Balaban J connectivity index is 2.88. The number of aliphatic imine (C=N–C) groups is 2. The van der Waals surface area contributed by atoms with Gasteiger partial charge in [-0.25, -0.2) is 0 Å². The van der Waals surface area contributed by atoms with Gasteiger partial charge in [0.15, 0.2) is 0 Å². The van der Waals surface area contributed by atoms with Crippen LogP contribution in [0.1, 0.15) is 13.8 Å². The van der Waals surface area contributed by atoms with Gasteiger partial charge in [-0.05, 0) is 20.1 Å². The summed E-state index contributed by atoms with van der Waals surface area (Å²) in [5.41, 5.74) is 5.24. The smallest absolute Gasteiger partial charge is 0.146 e. The number of hydrogen-bond donors (Lipinski definition) is 2. The summed E-state index contributed by atoms with van der Waals surface area (Å²) >= 11 is 0. The Morgan fingerprint density at radius 3 is 3.15 bits per heavy atom. The zero-order chi connectivity index (χ0) is 9.90. The third-order valence-electron chi connectivity index (χ3n) is 2.24. The number of rotatable bonds is 2. The van der Waals surface area contributed by atoms with Crippen molar-refractivity contribution in [3.05, 3.63) is 0 Å². The highest BCUT2D eigenvalue weighted by atomic mass is 15.2. The second-order valence-corrected chi connectivity index (χ2v) is 3.10. The van der Waals surface area contributed by atoms with Crippen LogP contribution in [-0.2, 0) is 0 Å². The van der Waals surface area contributed by atoms with Gasteiger partial charge >= 0.3 is 0 Å². The summed E-state index contributed by atoms with van der Waals surface area (Å²) in [6.07, 6.45) is 8.44. The van der Waals surface area contributed by atoms with E-state index in [0.29, 0.717) is 0 Å². The van der Waals surface area contributed by atoms with Crippen LogP contribution in [-0.4, -0.2) is 30.3 Å². The summed E-state index contributed by atoms with van der Waals surface area (Å²) in [7, 11) is 0. The molecule has 0 radical (unpaired) electrons. The van der Waals surface area contributed by atoms with Crippen molar-refractivity contribution in [3.8, 4) is 12.3 Å². The van der Waals surface area contributed by atoms with E-state index in [4.69, 9.17) is 12.2 Å². The second kappa shape index (κ2) is 3.58. The topological polar surface area (TPSA) is 62.8 Å². The lowest BCUT2D eigenvalue weighted by Crippen LogP contribution is -2.52. The highest BCUT2D eigenvalue weighted by Gasteiger charge is 2.41. The van der Waals surface area contributed by atoms with Crippen LogP contribution in [0.4, 0.5) is 0 Å². The summed E-state index contributed by atoms with van der Waals surface area (Å²) in [5.74, 6) is 2.49. The Kier molecular flexibility index (Phi) is 2.69. The molecular formula is C9H14N4. The van der Waals surface area contributed by atoms with E-state index in [1.54, 1.807) is 12.6 Å². The Hall–Kier alpha value is -1.34. The van der Waals surface area contributed by atoms with E-state index in [2.05, 4.69) is 21.2 Å². The molecule has 0 aliphatic carbocycles. The highest BCUT2D eigenvalue weighted by molar-refractivity contribution is 5.62. The molecule has 0 fully saturated rings. The normalized spacial score (nSPS) is 34.5. The van der Waals surface area contributed by atoms with Crippen molar-refractivity contribution in [2.45, 2.75) is 31.6 Å². The molecule has 1 aliphatic heterocycles. The SMILES string of the molecule is C#CC(N)C1(C)N=CNC1/N=C\C. The summed E-state index contributed by atoms with van der Waals surface area (Å²) in [6.45, 7) is 3.74.